The van der Waals surface area contributed by atoms with Crippen LogP contribution in [0.15, 0.2) is 18.2 Å². The van der Waals surface area contributed by atoms with E-state index in [1.807, 2.05) is 19.9 Å². The molecule has 3 nitrogen and oxygen atoms in total. The summed E-state index contributed by atoms with van der Waals surface area (Å²) in [6.45, 7) is 5.18. The van der Waals surface area contributed by atoms with Gasteiger partial charge in [0.25, 0.3) is 0 Å². The second-order valence-corrected chi connectivity index (χ2v) is 7.43. The van der Waals surface area contributed by atoms with E-state index in [9.17, 15) is 5.11 Å². The highest BCUT2D eigenvalue weighted by Gasteiger charge is 2.29. The Morgan fingerprint density at radius 2 is 1.37 bits per heavy atom. The first-order chi connectivity index (χ1) is 13.3. The zero-order valence-corrected chi connectivity index (χ0v) is 16.6. The summed E-state index contributed by atoms with van der Waals surface area (Å²) >= 11 is 0. The third-order valence-corrected chi connectivity index (χ3v) is 5.92. The standard InChI is InChI=1S/C22H24O3.C2H6/c23-18-10-9-14-5-1-3-7-16(14)20(18)21-17-8-4-2-6-15(17)13-19-22(21)25-12-11-24-19;1-2/h9-10,13,23H,1-8,11-12H2;1-2H3. The molecule has 0 unspecified atom stereocenters. The van der Waals surface area contributed by atoms with E-state index in [1.165, 1.54) is 47.9 Å². The molecular weight excluding hydrogens is 336 g/mol. The van der Waals surface area contributed by atoms with Crippen LogP contribution >= 0.6 is 0 Å². The van der Waals surface area contributed by atoms with E-state index in [0.29, 0.717) is 19.0 Å². The first-order valence-electron chi connectivity index (χ1n) is 10.6. The summed E-state index contributed by atoms with van der Waals surface area (Å²) in [7, 11) is 0. The minimum atomic E-state index is 0.385. The van der Waals surface area contributed by atoms with E-state index in [-0.39, 0.29) is 0 Å². The predicted octanol–water partition coefficient (Wildman–Crippen LogP) is 5.61. The van der Waals surface area contributed by atoms with Crippen molar-refractivity contribution in [1.82, 2.24) is 0 Å². The lowest BCUT2D eigenvalue weighted by atomic mass is 9.80. The minimum absolute atomic E-state index is 0.385. The zero-order chi connectivity index (χ0) is 18.8. The molecule has 2 aliphatic carbocycles. The summed E-state index contributed by atoms with van der Waals surface area (Å²) in [6, 6.07) is 6.16. The fourth-order valence-electron chi connectivity index (χ4n) is 4.76. The SMILES string of the molecule is CC.Oc1ccc2c(c1-c1c3c(cc4c1OCCO4)CCCC3)CCCC2. The van der Waals surface area contributed by atoms with Crippen LogP contribution in [0.2, 0.25) is 0 Å². The molecule has 1 heterocycles. The number of aromatic hydroxyl groups is 1. The molecule has 3 aliphatic rings. The quantitative estimate of drug-likeness (QED) is 0.712. The van der Waals surface area contributed by atoms with Gasteiger partial charge in [0.1, 0.15) is 19.0 Å². The van der Waals surface area contributed by atoms with Crippen molar-refractivity contribution in [3.63, 3.8) is 0 Å². The van der Waals surface area contributed by atoms with Crippen molar-refractivity contribution in [1.29, 1.82) is 0 Å². The molecule has 0 bridgehead atoms. The number of fused-ring (bicyclic) bond motifs is 3. The molecule has 1 aliphatic heterocycles. The maximum Gasteiger partial charge on any atom is 0.169 e. The topological polar surface area (TPSA) is 38.7 Å². The molecule has 2 aromatic rings. The number of phenols is 1. The Bertz CT molecular complexity index is 804. The summed E-state index contributed by atoms with van der Waals surface area (Å²) in [5.74, 6) is 2.09. The largest absolute Gasteiger partial charge is 0.507 e. The molecule has 0 spiro atoms. The van der Waals surface area contributed by atoms with E-state index >= 15 is 0 Å². The monoisotopic (exact) mass is 366 g/mol. The van der Waals surface area contributed by atoms with Crippen molar-refractivity contribution in [2.75, 3.05) is 13.2 Å². The smallest absolute Gasteiger partial charge is 0.169 e. The lowest BCUT2D eigenvalue weighted by Crippen LogP contribution is -2.19. The van der Waals surface area contributed by atoms with Gasteiger partial charge < -0.3 is 14.6 Å². The fourth-order valence-corrected chi connectivity index (χ4v) is 4.76. The van der Waals surface area contributed by atoms with Crippen LogP contribution in [-0.4, -0.2) is 18.3 Å². The summed E-state index contributed by atoms with van der Waals surface area (Å²) in [6.07, 6.45) is 9.16. The maximum atomic E-state index is 10.8. The molecule has 0 radical (unpaired) electrons. The molecule has 5 rings (SSSR count). The average molecular weight is 367 g/mol. The van der Waals surface area contributed by atoms with Crippen LogP contribution in [0.3, 0.4) is 0 Å². The van der Waals surface area contributed by atoms with Crippen LogP contribution in [0.1, 0.15) is 61.8 Å². The van der Waals surface area contributed by atoms with Gasteiger partial charge in [-0.3, -0.25) is 0 Å². The number of hydrogen-bond donors (Lipinski definition) is 1. The van der Waals surface area contributed by atoms with Gasteiger partial charge in [-0.05, 0) is 85.8 Å². The second-order valence-electron chi connectivity index (χ2n) is 7.43. The van der Waals surface area contributed by atoms with Gasteiger partial charge in [-0.15, -0.1) is 0 Å². The third kappa shape index (κ3) is 3.18. The van der Waals surface area contributed by atoms with Gasteiger partial charge >= 0.3 is 0 Å². The van der Waals surface area contributed by atoms with E-state index in [2.05, 4.69) is 12.1 Å². The van der Waals surface area contributed by atoms with Gasteiger partial charge in [-0.2, -0.15) is 0 Å². The summed E-state index contributed by atoms with van der Waals surface area (Å²) < 4.78 is 12.0. The number of ether oxygens (including phenoxy) is 2. The van der Waals surface area contributed by atoms with Crippen molar-refractivity contribution in [2.24, 2.45) is 0 Å². The molecule has 0 amide bonds. The Morgan fingerprint density at radius 1 is 0.741 bits per heavy atom. The lowest BCUT2D eigenvalue weighted by molar-refractivity contribution is 0.172. The molecule has 2 aromatic carbocycles. The molecule has 3 heteroatoms. The Morgan fingerprint density at radius 3 is 2.15 bits per heavy atom. The zero-order valence-electron chi connectivity index (χ0n) is 16.6. The molecule has 0 atom stereocenters. The first kappa shape index (κ1) is 18.2. The van der Waals surface area contributed by atoms with Gasteiger partial charge in [-0.1, -0.05) is 19.9 Å². The molecule has 144 valence electrons. The lowest BCUT2D eigenvalue weighted by Gasteiger charge is -2.30. The second kappa shape index (κ2) is 7.84. The molecule has 0 fully saturated rings. The van der Waals surface area contributed by atoms with Crippen molar-refractivity contribution in [3.8, 4) is 28.4 Å². The van der Waals surface area contributed by atoms with Crippen LogP contribution in [0, 0.1) is 0 Å². The summed E-state index contributed by atoms with van der Waals surface area (Å²) in [5, 5.41) is 10.8. The molecule has 27 heavy (non-hydrogen) atoms. The van der Waals surface area contributed by atoms with Crippen molar-refractivity contribution in [2.45, 2.75) is 65.2 Å². The molecule has 0 saturated carbocycles. The van der Waals surface area contributed by atoms with Gasteiger partial charge in [0.05, 0.1) is 0 Å². The summed E-state index contributed by atoms with van der Waals surface area (Å²) in [4.78, 5) is 0. The summed E-state index contributed by atoms with van der Waals surface area (Å²) in [5.41, 5.74) is 7.57. The van der Waals surface area contributed by atoms with Crippen LogP contribution in [0.5, 0.6) is 17.2 Å². The van der Waals surface area contributed by atoms with E-state index in [0.717, 1.165) is 48.3 Å². The van der Waals surface area contributed by atoms with Crippen LogP contribution in [-0.2, 0) is 25.7 Å². The van der Waals surface area contributed by atoms with Crippen molar-refractivity contribution < 1.29 is 14.6 Å². The van der Waals surface area contributed by atoms with Gasteiger partial charge in [0.15, 0.2) is 11.5 Å². The van der Waals surface area contributed by atoms with Crippen molar-refractivity contribution >= 4 is 0 Å². The maximum absolute atomic E-state index is 10.8. The molecular formula is C24H30O3. The Labute approximate surface area is 162 Å². The highest BCUT2D eigenvalue weighted by Crippen LogP contribution is 2.50. The Hall–Kier alpha value is -2.16. The van der Waals surface area contributed by atoms with Gasteiger partial charge in [0.2, 0.25) is 0 Å². The molecule has 0 aromatic heterocycles. The number of hydrogen-bond acceptors (Lipinski definition) is 3. The van der Waals surface area contributed by atoms with E-state index in [4.69, 9.17) is 9.47 Å². The third-order valence-electron chi connectivity index (χ3n) is 5.92. The number of phenolic OH excluding ortho intramolecular Hbond substituents is 1. The molecule has 0 saturated heterocycles. The fraction of sp³-hybridized carbons (Fsp3) is 0.500. The van der Waals surface area contributed by atoms with Gasteiger partial charge in [-0.25, -0.2) is 0 Å². The normalized spacial score (nSPS) is 17.3. The van der Waals surface area contributed by atoms with Crippen LogP contribution in [0.25, 0.3) is 11.1 Å². The number of benzene rings is 2. The Kier molecular flexibility index (Phi) is 5.29. The highest BCUT2D eigenvalue weighted by atomic mass is 16.6. The van der Waals surface area contributed by atoms with Crippen LogP contribution in [0.4, 0.5) is 0 Å². The Balaban J connectivity index is 0.000000872. The van der Waals surface area contributed by atoms with E-state index < -0.39 is 0 Å². The highest BCUT2D eigenvalue weighted by molar-refractivity contribution is 5.85. The van der Waals surface area contributed by atoms with E-state index in [1.54, 1.807) is 0 Å². The number of aryl methyl sites for hydroxylation is 2. The molecule has 1 N–H and O–H groups in total. The minimum Gasteiger partial charge on any atom is -0.507 e. The first-order valence-corrected chi connectivity index (χ1v) is 10.6. The predicted molar refractivity (Wildman–Crippen MR) is 109 cm³/mol. The number of rotatable bonds is 1. The average Bonchev–Trinajstić information content (AvgIpc) is 2.74. The van der Waals surface area contributed by atoms with Crippen molar-refractivity contribution in [3.05, 3.63) is 40.5 Å². The van der Waals surface area contributed by atoms with Crippen LogP contribution < -0.4 is 9.47 Å². The van der Waals surface area contributed by atoms with Gasteiger partial charge in [0, 0.05) is 11.1 Å².